The van der Waals surface area contributed by atoms with Crippen molar-refractivity contribution >= 4 is 11.4 Å². The first kappa shape index (κ1) is 16.4. The maximum absolute atomic E-state index is 12.8. The third-order valence-corrected chi connectivity index (χ3v) is 5.25. The van der Waals surface area contributed by atoms with Gasteiger partial charge < -0.3 is 15.0 Å². The monoisotopic (exact) mass is 352 g/mol. The number of carbonyl (C=O) groups excluding carboxylic acids is 1. The van der Waals surface area contributed by atoms with Crippen molar-refractivity contribution in [2.75, 3.05) is 13.1 Å². The van der Waals surface area contributed by atoms with Gasteiger partial charge in [-0.15, -0.1) is 0 Å². The summed E-state index contributed by atoms with van der Waals surface area (Å²) in [5.74, 6) is 1.34. The van der Waals surface area contributed by atoms with E-state index in [1.165, 1.54) is 12.4 Å². The summed E-state index contributed by atoms with van der Waals surface area (Å²) >= 11 is 0. The summed E-state index contributed by atoms with van der Waals surface area (Å²) in [6, 6.07) is 2.08. The molecular weight excluding hydrogens is 333 g/mol. The van der Waals surface area contributed by atoms with Crippen LogP contribution >= 0.6 is 0 Å². The SMILES string of the molecule is CC(C)(NC(=O)[C@H]1[C@@H]2CNC[C@@H]21)c1ncc2cc(C(F)(F)F)ccn12. The smallest absolute Gasteiger partial charge is 0.344 e. The molecular formula is C17H19F3N4O. The van der Waals surface area contributed by atoms with Gasteiger partial charge in [-0.05, 0) is 50.9 Å². The van der Waals surface area contributed by atoms with Crippen molar-refractivity contribution in [1.29, 1.82) is 0 Å². The second-order valence-electron chi connectivity index (χ2n) is 7.42. The number of nitrogens with zero attached hydrogens (tertiary/aromatic N) is 2. The van der Waals surface area contributed by atoms with E-state index in [0.717, 1.165) is 25.2 Å². The summed E-state index contributed by atoms with van der Waals surface area (Å²) in [6.45, 7) is 5.37. The minimum atomic E-state index is -4.40. The molecule has 0 unspecified atom stereocenters. The molecule has 1 saturated carbocycles. The molecule has 1 aliphatic heterocycles. The molecule has 0 aromatic carbocycles. The second kappa shape index (κ2) is 5.20. The normalized spacial score (nSPS) is 25.9. The fourth-order valence-electron chi connectivity index (χ4n) is 3.89. The number of amides is 1. The molecule has 5 nitrogen and oxygen atoms in total. The Morgan fingerprint density at radius 2 is 2.00 bits per heavy atom. The molecule has 1 amide bonds. The lowest BCUT2D eigenvalue weighted by atomic mass is 10.0. The third-order valence-electron chi connectivity index (χ3n) is 5.25. The van der Waals surface area contributed by atoms with Gasteiger partial charge in [-0.3, -0.25) is 4.79 Å². The van der Waals surface area contributed by atoms with Crippen molar-refractivity contribution in [2.45, 2.75) is 25.6 Å². The van der Waals surface area contributed by atoms with Crippen LogP contribution in [0.2, 0.25) is 0 Å². The molecule has 1 saturated heterocycles. The zero-order valence-corrected chi connectivity index (χ0v) is 13.9. The van der Waals surface area contributed by atoms with Crippen LogP contribution in [0.25, 0.3) is 5.52 Å². The van der Waals surface area contributed by atoms with Crippen molar-refractivity contribution in [1.82, 2.24) is 20.0 Å². The Hall–Kier alpha value is -2.09. The van der Waals surface area contributed by atoms with E-state index < -0.39 is 17.3 Å². The first-order valence-electron chi connectivity index (χ1n) is 8.26. The van der Waals surface area contributed by atoms with Crippen molar-refractivity contribution in [3.63, 3.8) is 0 Å². The van der Waals surface area contributed by atoms with Gasteiger partial charge in [0.25, 0.3) is 0 Å². The molecule has 8 heteroatoms. The predicted octanol–water partition coefficient (Wildman–Crippen LogP) is 2.17. The van der Waals surface area contributed by atoms with Gasteiger partial charge in [-0.25, -0.2) is 4.98 Å². The molecule has 2 N–H and O–H groups in total. The summed E-state index contributed by atoms with van der Waals surface area (Å²) < 4.78 is 40.1. The van der Waals surface area contributed by atoms with E-state index in [-0.39, 0.29) is 11.8 Å². The third kappa shape index (κ3) is 2.68. The van der Waals surface area contributed by atoms with Crippen LogP contribution in [-0.4, -0.2) is 28.4 Å². The average molecular weight is 352 g/mol. The number of rotatable bonds is 3. The fraction of sp³-hybridized carbons (Fsp3) is 0.529. The Labute approximate surface area is 142 Å². The van der Waals surface area contributed by atoms with Crippen molar-refractivity contribution in [3.05, 3.63) is 35.9 Å². The summed E-state index contributed by atoms with van der Waals surface area (Å²) in [5.41, 5.74) is -1.15. The fourth-order valence-corrected chi connectivity index (χ4v) is 3.89. The summed E-state index contributed by atoms with van der Waals surface area (Å²) in [6.07, 6.45) is -1.65. The molecule has 2 fully saturated rings. The van der Waals surface area contributed by atoms with Gasteiger partial charge in [0.05, 0.1) is 22.8 Å². The van der Waals surface area contributed by atoms with E-state index in [4.69, 9.17) is 0 Å². The van der Waals surface area contributed by atoms with Gasteiger partial charge in [0.15, 0.2) is 0 Å². The molecule has 0 spiro atoms. The van der Waals surface area contributed by atoms with Gasteiger partial charge >= 0.3 is 6.18 Å². The largest absolute Gasteiger partial charge is 0.416 e. The number of hydrogen-bond donors (Lipinski definition) is 2. The van der Waals surface area contributed by atoms with Crippen LogP contribution in [-0.2, 0) is 16.5 Å². The van der Waals surface area contributed by atoms with E-state index in [1.54, 1.807) is 4.40 Å². The highest BCUT2D eigenvalue weighted by molar-refractivity contribution is 5.83. The Morgan fingerprint density at radius 1 is 1.32 bits per heavy atom. The van der Waals surface area contributed by atoms with Crippen molar-refractivity contribution < 1.29 is 18.0 Å². The van der Waals surface area contributed by atoms with Crippen LogP contribution in [0, 0.1) is 17.8 Å². The molecule has 0 radical (unpaired) electrons. The summed E-state index contributed by atoms with van der Waals surface area (Å²) in [5, 5.41) is 6.26. The van der Waals surface area contributed by atoms with Gasteiger partial charge in [-0.1, -0.05) is 0 Å². The Bertz CT molecular complexity index is 832. The Morgan fingerprint density at radius 3 is 2.64 bits per heavy atom. The van der Waals surface area contributed by atoms with E-state index in [9.17, 15) is 18.0 Å². The second-order valence-corrected chi connectivity index (χ2v) is 7.42. The zero-order chi connectivity index (χ0) is 18.0. The molecule has 3 atom stereocenters. The minimum absolute atomic E-state index is 0.00911. The van der Waals surface area contributed by atoms with Crippen LogP contribution in [0.5, 0.6) is 0 Å². The van der Waals surface area contributed by atoms with E-state index in [2.05, 4.69) is 15.6 Å². The lowest BCUT2D eigenvalue weighted by molar-refractivity contribution is -0.137. The minimum Gasteiger partial charge on any atom is -0.344 e. The molecule has 3 heterocycles. The van der Waals surface area contributed by atoms with Gasteiger partial charge in [0.1, 0.15) is 5.82 Å². The number of fused-ring (bicyclic) bond motifs is 2. The highest BCUT2D eigenvalue weighted by Crippen LogP contribution is 2.49. The maximum Gasteiger partial charge on any atom is 0.416 e. The van der Waals surface area contributed by atoms with E-state index in [1.807, 2.05) is 13.8 Å². The Balaban J connectivity index is 1.58. The van der Waals surface area contributed by atoms with Gasteiger partial charge in [0.2, 0.25) is 5.91 Å². The average Bonchev–Trinajstić information content (AvgIpc) is 2.88. The van der Waals surface area contributed by atoms with Crippen LogP contribution in [0.15, 0.2) is 24.5 Å². The van der Waals surface area contributed by atoms with Gasteiger partial charge in [-0.2, -0.15) is 13.2 Å². The number of pyridine rings is 1. The van der Waals surface area contributed by atoms with Crippen LogP contribution in [0.3, 0.4) is 0 Å². The molecule has 2 aromatic rings. The summed E-state index contributed by atoms with van der Waals surface area (Å²) in [7, 11) is 0. The predicted molar refractivity (Wildman–Crippen MR) is 84.7 cm³/mol. The Kier molecular flexibility index (Phi) is 3.41. The number of nitrogens with one attached hydrogen (secondary N) is 2. The van der Waals surface area contributed by atoms with Crippen LogP contribution < -0.4 is 10.6 Å². The number of alkyl halides is 3. The number of halogens is 3. The standard InChI is InChI=1S/C17H19F3N4O/c1-16(2,23-14(25)13-11-7-21-8-12(11)13)15-22-6-10-5-9(17(18,19)20)3-4-24(10)15/h3-6,11-13,21H,7-8H2,1-2H3,(H,23,25)/t11-,12+,13+. The molecule has 1 aliphatic carbocycles. The molecule has 2 aromatic heterocycles. The zero-order valence-electron chi connectivity index (χ0n) is 13.9. The topological polar surface area (TPSA) is 58.4 Å². The number of piperidine rings is 1. The molecule has 134 valence electrons. The van der Waals surface area contributed by atoms with Crippen LogP contribution in [0.4, 0.5) is 13.2 Å². The van der Waals surface area contributed by atoms with Crippen molar-refractivity contribution in [3.8, 4) is 0 Å². The number of hydrogen-bond acceptors (Lipinski definition) is 3. The first-order valence-corrected chi connectivity index (χ1v) is 8.26. The molecule has 2 aliphatic rings. The quantitative estimate of drug-likeness (QED) is 0.890. The molecule has 25 heavy (non-hydrogen) atoms. The molecule has 0 bridgehead atoms. The lowest BCUT2D eigenvalue weighted by Crippen LogP contribution is -2.44. The number of imidazole rings is 1. The highest BCUT2D eigenvalue weighted by Gasteiger charge is 2.57. The maximum atomic E-state index is 12.8. The highest BCUT2D eigenvalue weighted by atomic mass is 19.4. The lowest BCUT2D eigenvalue weighted by Gasteiger charge is -2.26. The van der Waals surface area contributed by atoms with Crippen molar-refractivity contribution in [2.24, 2.45) is 17.8 Å². The molecule has 4 rings (SSSR count). The van der Waals surface area contributed by atoms with E-state index >= 15 is 0 Å². The summed E-state index contributed by atoms with van der Waals surface area (Å²) in [4.78, 5) is 16.8. The first-order chi connectivity index (χ1) is 11.7. The van der Waals surface area contributed by atoms with Gasteiger partial charge in [0, 0.05) is 12.1 Å². The van der Waals surface area contributed by atoms with E-state index in [0.29, 0.717) is 23.2 Å². The van der Waals surface area contributed by atoms with Crippen LogP contribution in [0.1, 0.15) is 25.2 Å². The number of carbonyl (C=O) groups is 1. The number of aromatic nitrogens is 2.